The van der Waals surface area contributed by atoms with Crippen LogP contribution in [0.4, 0.5) is 11.4 Å². The van der Waals surface area contributed by atoms with Crippen LogP contribution in [0.2, 0.25) is 0 Å². The maximum Gasteiger partial charge on any atom is 0.291 e. The third-order valence-corrected chi connectivity index (χ3v) is 4.92. The van der Waals surface area contributed by atoms with E-state index in [1.54, 1.807) is 48.8 Å². The van der Waals surface area contributed by atoms with Crippen molar-refractivity contribution in [3.8, 4) is 0 Å². The number of aromatic nitrogens is 1. The van der Waals surface area contributed by atoms with Gasteiger partial charge >= 0.3 is 0 Å². The number of rotatable bonds is 4. The van der Waals surface area contributed by atoms with Crippen LogP contribution in [-0.4, -0.2) is 16.8 Å². The minimum Gasteiger partial charge on any atom is -0.451 e. The quantitative estimate of drug-likeness (QED) is 0.436. The Kier molecular flexibility index (Phi) is 5.14. The first kappa shape index (κ1) is 18.9. The number of hydrogen-bond donors (Lipinski definition) is 2. The Morgan fingerprint density at radius 1 is 0.931 bits per heavy atom. The zero-order valence-corrected chi connectivity index (χ0v) is 17.0. The standard InChI is InChI=1S/C22H16BrN3O3/c1-13-18-12-15(23)5-6-19(18)29-20(13)22(28)26-17-4-2-3-14(11-17)21(27)25-16-7-9-24-10-8-16/h2-12H,1H3,(H,26,28)(H,24,25,27). The molecule has 2 aromatic heterocycles. The third-order valence-electron chi connectivity index (χ3n) is 4.43. The number of carbonyl (C=O) groups is 2. The predicted molar refractivity (Wildman–Crippen MR) is 115 cm³/mol. The summed E-state index contributed by atoms with van der Waals surface area (Å²) in [5.41, 5.74) is 2.96. The number of amides is 2. The molecule has 4 rings (SSSR count). The van der Waals surface area contributed by atoms with Crippen molar-refractivity contribution in [2.75, 3.05) is 10.6 Å². The van der Waals surface area contributed by atoms with E-state index in [9.17, 15) is 9.59 Å². The molecule has 0 saturated carbocycles. The van der Waals surface area contributed by atoms with E-state index >= 15 is 0 Å². The molecule has 0 unspecified atom stereocenters. The molecule has 0 radical (unpaired) electrons. The van der Waals surface area contributed by atoms with Gasteiger partial charge in [0.1, 0.15) is 5.58 Å². The summed E-state index contributed by atoms with van der Waals surface area (Å²) in [6, 6.07) is 15.7. The number of fused-ring (bicyclic) bond motifs is 1. The number of carbonyl (C=O) groups excluding carboxylic acids is 2. The van der Waals surface area contributed by atoms with Gasteiger partial charge in [-0.1, -0.05) is 22.0 Å². The van der Waals surface area contributed by atoms with Gasteiger partial charge in [0, 0.05) is 44.8 Å². The number of nitrogens with zero attached hydrogens (tertiary/aromatic N) is 1. The molecular formula is C22H16BrN3O3. The first-order valence-corrected chi connectivity index (χ1v) is 9.62. The largest absolute Gasteiger partial charge is 0.451 e. The van der Waals surface area contributed by atoms with E-state index in [0.717, 1.165) is 15.4 Å². The Labute approximate surface area is 175 Å². The number of furan rings is 1. The van der Waals surface area contributed by atoms with Gasteiger partial charge < -0.3 is 15.1 Å². The van der Waals surface area contributed by atoms with E-state index in [1.807, 2.05) is 25.1 Å². The number of anilines is 2. The molecule has 0 saturated heterocycles. The fourth-order valence-electron chi connectivity index (χ4n) is 2.97. The smallest absolute Gasteiger partial charge is 0.291 e. The molecule has 2 N–H and O–H groups in total. The van der Waals surface area contributed by atoms with Crippen LogP contribution in [0.25, 0.3) is 11.0 Å². The van der Waals surface area contributed by atoms with Crippen molar-refractivity contribution in [2.45, 2.75) is 6.92 Å². The van der Waals surface area contributed by atoms with E-state index in [0.29, 0.717) is 22.5 Å². The van der Waals surface area contributed by atoms with Gasteiger partial charge in [-0.2, -0.15) is 0 Å². The molecule has 0 fully saturated rings. The maximum atomic E-state index is 12.7. The molecule has 0 aliphatic carbocycles. The summed E-state index contributed by atoms with van der Waals surface area (Å²) in [6.07, 6.45) is 3.20. The third kappa shape index (κ3) is 4.05. The zero-order valence-electron chi connectivity index (χ0n) is 15.4. The lowest BCUT2D eigenvalue weighted by Crippen LogP contribution is -2.14. The highest BCUT2D eigenvalue weighted by molar-refractivity contribution is 9.10. The van der Waals surface area contributed by atoms with Gasteiger partial charge in [0.15, 0.2) is 5.76 Å². The Morgan fingerprint density at radius 2 is 1.69 bits per heavy atom. The molecule has 2 heterocycles. The van der Waals surface area contributed by atoms with E-state index in [2.05, 4.69) is 31.5 Å². The number of aryl methyl sites for hydroxylation is 1. The number of hydrogen-bond acceptors (Lipinski definition) is 4. The normalized spacial score (nSPS) is 10.7. The molecule has 4 aromatic rings. The molecule has 0 bridgehead atoms. The van der Waals surface area contributed by atoms with Crippen molar-refractivity contribution < 1.29 is 14.0 Å². The first-order valence-electron chi connectivity index (χ1n) is 8.83. The van der Waals surface area contributed by atoms with Gasteiger partial charge in [-0.25, -0.2) is 0 Å². The minimum atomic E-state index is -0.374. The number of halogens is 1. The number of pyridine rings is 1. The highest BCUT2D eigenvalue weighted by Crippen LogP contribution is 2.28. The summed E-state index contributed by atoms with van der Waals surface area (Å²) in [6.45, 7) is 1.84. The molecule has 2 amide bonds. The van der Waals surface area contributed by atoms with E-state index in [-0.39, 0.29) is 17.6 Å². The minimum absolute atomic E-state index is 0.241. The molecule has 0 spiro atoms. The molecule has 0 atom stereocenters. The fourth-order valence-corrected chi connectivity index (χ4v) is 3.34. The molecular weight excluding hydrogens is 434 g/mol. The van der Waals surface area contributed by atoms with Crippen LogP contribution in [0.3, 0.4) is 0 Å². The van der Waals surface area contributed by atoms with Gasteiger partial charge in [0.25, 0.3) is 11.8 Å². The van der Waals surface area contributed by atoms with E-state index < -0.39 is 0 Å². The summed E-state index contributed by atoms with van der Waals surface area (Å²) in [4.78, 5) is 29.1. The Morgan fingerprint density at radius 3 is 2.48 bits per heavy atom. The average Bonchev–Trinajstić information content (AvgIpc) is 3.05. The van der Waals surface area contributed by atoms with Crippen molar-refractivity contribution >= 4 is 50.1 Å². The van der Waals surface area contributed by atoms with Crippen molar-refractivity contribution in [1.29, 1.82) is 0 Å². The lowest BCUT2D eigenvalue weighted by Gasteiger charge is -2.08. The predicted octanol–water partition coefficient (Wildman–Crippen LogP) is 5.40. The van der Waals surface area contributed by atoms with Crippen LogP contribution < -0.4 is 10.6 Å². The van der Waals surface area contributed by atoms with Crippen LogP contribution in [0.1, 0.15) is 26.5 Å². The Hall–Kier alpha value is -3.45. The van der Waals surface area contributed by atoms with Crippen molar-refractivity contribution in [1.82, 2.24) is 4.98 Å². The maximum absolute atomic E-state index is 12.7. The van der Waals surface area contributed by atoms with Gasteiger partial charge in [-0.3, -0.25) is 14.6 Å². The molecule has 144 valence electrons. The lowest BCUT2D eigenvalue weighted by atomic mass is 10.1. The summed E-state index contributed by atoms with van der Waals surface area (Å²) >= 11 is 3.43. The van der Waals surface area contributed by atoms with Crippen LogP contribution in [0, 0.1) is 6.92 Å². The highest BCUT2D eigenvalue weighted by atomic mass is 79.9. The van der Waals surface area contributed by atoms with Crippen LogP contribution >= 0.6 is 15.9 Å². The van der Waals surface area contributed by atoms with Crippen molar-refractivity contribution in [3.63, 3.8) is 0 Å². The Balaban J connectivity index is 1.54. The van der Waals surface area contributed by atoms with Crippen molar-refractivity contribution in [2.24, 2.45) is 0 Å². The van der Waals surface area contributed by atoms with E-state index in [4.69, 9.17) is 4.42 Å². The summed E-state index contributed by atoms with van der Waals surface area (Å²) < 4.78 is 6.64. The second-order valence-electron chi connectivity index (χ2n) is 6.42. The topological polar surface area (TPSA) is 84.2 Å². The van der Waals surface area contributed by atoms with Gasteiger partial charge in [-0.05, 0) is 55.5 Å². The molecule has 29 heavy (non-hydrogen) atoms. The highest BCUT2D eigenvalue weighted by Gasteiger charge is 2.18. The summed E-state index contributed by atoms with van der Waals surface area (Å²) in [7, 11) is 0. The molecule has 2 aromatic carbocycles. The van der Waals surface area contributed by atoms with Gasteiger partial charge in [0.2, 0.25) is 0 Å². The zero-order chi connectivity index (χ0) is 20.4. The fraction of sp³-hybridized carbons (Fsp3) is 0.0455. The summed E-state index contributed by atoms with van der Waals surface area (Å²) in [5, 5.41) is 6.46. The first-order chi connectivity index (χ1) is 14.0. The number of nitrogens with one attached hydrogen (secondary N) is 2. The van der Waals surface area contributed by atoms with Gasteiger partial charge in [0.05, 0.1) is 0 Å². The Bertz CT molecular complexity index is 1220. The molecule has 7 heteroatoms. The monoisotopic (exact) mass is 449 g/mol. The van der Waals surface area contributed by atoms with Gasteiger partial charge in [-0.15, -0.1) is 0 Å². The second-order valence-corrected chi connectivity index (χ2v) is 7.34. The second kappa shape index (κ2) is 7.89. The molecule has 0 aliphatic rings. The average molecular weight is 450 g/mol. The number of benzene rings is 2. The SMILES string of the molecule is Cc1c(C(=O)Nc2cccc(C(=O)Nc3ccncc3)c2)oc2ccc(Br)cc12. The lowest BCUT2D eigenvalue weighted by molar-refractivity contribution is 0.0994. The van der Waals surface area contributed by atoms with Crippen LogP contribution in [-0.2, 0) is 0 Å². The van der Waals surface area contributed by atoms with Crippen molar-refractivity contribution in [3.05, 3.63) is 88.4 Å². The molecule has 0 aliphatic heterocycles. The van der Waals surface area contributed by atoms with Crippen LogP contribution in [0.15, 0.2) is 75.9 Å². The summed E-state index contributed by atoms with van der Waals surface area (Å²) in [5.74, 6) is -0.414. The van der Waals surface area contributed by atoms with E-state index in [1.165, 1.54) is 0 Å². The van der Waals surface area contributed by atoms with Crippen LogP contribution in [0.5, 0.6) is 0 Å². The molecule has 6 nitrogen and oxygen atoms in total.